The second-order valence-corrected chi connectivity index (χ2v) is 6.71. The normalized spacial score (nSPS) is 15.4. The standard InChI is InChI=1S/C21H21NO3/c23-21(16-9-5-2-6-10-16)24-17-11-12-18-19(22-25-20(18)14-17)13-15-7-3-1-4-8-15/h1,3-4,7-8,11-12,14,16H,2,5-6,9-10,13H2. The van der Waals surface area contributed by atoms with Gasteiger partial charge in [-0.2, -0.15) is 0 Å². The van der Waals surface area contributed by atoms with E-state index < -0.39 is 0 Å². The van der Waals surface area contributed by atoms with Crippen molar-refractivity contribution in [2.45, 2.75) is 38.5 Å². The van der Waals surface area contributed by atoms with Crippen molar-refractivity contribution in [1.29, 1.82) is 0 Å². The quantitative estimate of drug-likeness (QED) is 0.502. The van der Waals surface area contributed by atoms with Crippen LogP contribution < -0.4 is 4.74 Å². The minimum absolute atomic E-state index is 0.0350. The molecule has 128 valence electrons. The number of rotatable bonds is 4. The van der Waals surface area contributed by atoms with Gasteiger partial charge in [0.15, 0.2) is 5.58 Å². The summed E-state index contributed by atoms with van der Waals surface area (Å²) < 4.78 is 11.0. The zero-order valence-corrected chi connectivity index (χ0v) is 14.1. The third-order valence-electron chi connectivity index (χ3n) is 4.89. The van der Waals surface area contributed by atoms with Crippen molar-refractivity contribution in [3.63, 3.8) is 0 Å². The van der Waals surface area contributed by atoms with Crippen molar-refractivity contribution in [1.82, 2.24) is 5.16 Å². The van der Waals surface area contributed by atoms with Crippen LogP contribution in [0.3, 0.4) is 0 Å². The number of esters is 1. The molecule has 0 unspecified atom stereocenters. The van der Waals surface area contributed by atoms with Crippen LogP contribution in [-0.2, 0) is 11.2 Å². The Bertz CT molecular complexity index is 863. The highest BCUT2D eigenvalue weighted by atomic mass is 16.5. The van der Waals surface area contributed by atoms with Gasteiger partial charge in [-0.1, -0.05) is 54.8 Å². The molecule has 25 heavy (non-hydrogen) atoms. The number of fused-ring (bicyclic) bond motifs is 1. The summed E-state index contributed by atoms with van der Waals surface area (Å²) >= 11 is 0. The van der Waals surface area contributed by atoms with Crippen LogP contribution in [0.4, 0.5) is 0 Å². The van der Waals surface area contributed by atoms with E-state index in [0.29, 0.717) is 11.3 Å². The molecule has 1 saturated carbocycles. The number of benzene rings is 2. The fourth-order valence-corrected chi connectivity index (χ4v) is 3.49. The topological polar surface area (TPSA) is 52.3 Å². The Morgan fingerprint density at radius 3 is 2.68 bits per heavy atom. The molecule has 0 saturated heterocycles. The fraction of sp³-hybridized carbons (Fsp3) is 0.333. The summed E-state index contributed by atoms with van der Waals surface area (Å²) in [6.45, 7) is 0. The first kappa shape index (κ1) is 15.9. The smallest absolute Gasteiger partial charge is 0.314 e. The first-order valence-electron chi connectivity index (χ1n) is 8.93. The van der Waals surface area contributed by atoms with E-state index in [4.69, 9.17) is 9.26 Å². The maximum Gasteiger partial charge on any atom is 0.314 e. The Balaban J connectivity index is 1.50. The molecule has 1 fully saturated rings. The predicted molar refractivity (Wildman–Crippen MR) is 95.5 cm³/mol. The molecule has 0 bridgehead atoms. The Morgan fingerprint density at radius 1 is 1.08 bits per heavy atom. The van der Waals surface area contributed by atoms with Gasteiger partial charge in [0.25, 0.3) is 0 Å². The molecule has 3 aromatic rings. The van der Waals surface area contributed by atoms with Crippen molar-refractivity contribution in [2.24, 2.45) is 5.92 Å². The van der Waals surface area contributed by atoms with Crippen molar-refractivity contribution >= 4 is 16.9 Å². The van der Waals surface area contributed by atoms with E-state index in [-0.39, 0.29) is 11.9 Å². The molecule has 0 amide bonds. The molecular weight excluding hydrogens is 314 g/mol. The highest BCUT2D eigenvalue weighted by Crippen LogP contribution is 2.28. The van der Waals surface area contributed by atoms with E-state index in [0.717, 1.165) is 43.2 Å². The van der Waals surface area contributed by atoms with E-state index in [2.05, 4.69) is 17.3 Å². The van der Waals surface area contributed by atoms with Gasteiger partial charge >= 0.3 is 5.97 Å². The summed E-state index contributed by atoms with van der Waals surface area (Å²) in [4.78, 5) is 12.3. The minimum atomic E-state index is -0.122. The summed E-state index contributed by atoms with van der Waals surface area (Å²) in [5.74, 6) is 0.446. The van der Waals surface area contributed by atoms with E-state index in [9.17, 15) is 4.79 Å². The van der Waals surface area contributed by atoms with E-state index >= 15 is 0 Å². The molecule has 4 rings (SSSR count). The van der Waals surface area contributed by atoms with E-state index in [1.54, 1.807) is 6.07 Å². The van der Waals surface area contributed by atoms with Gasteiger partial charge in [0.05, 0.1) is 11.6 Å². The van der Waals surface area contributed by atoms with Crippen LogP contribution in [0.15, 0.2) is 53.1 Å². The molecular formula is C21H21NO3. The van der Waals surface area contributed by atoms with Gasteiger partial charge in [-0.25, -0.2) is 0 Å². The molecule has 1 aliphatic rings. The van der Waals surface area contributed by atoms with Gasteiger partial charge in [0.1, 0.15) is 5.75 Å². The Morgan fingerprint density at radius 2 is 1.88 bits per heavy atom. The van der Waals surface area contributed by atoms with Crippen LogP contribution in [0.25, 0.3) is 11.0 Å². The van der Waals surface area contributed by atoms with Crippen LogP contribution in [0.1, 0.15) is 43.4 Å². The lowest BCUT2D eigenvalue weighted by Gasteiger charge is -2.19. The van der Waals surface area contributed by atoms with Crippen LogP contribution in [0.5, 0.6) is 5.75 Å². The number of hydrogen-bond acceptors (Lipinski definition) is 4. The van der Waals surface area contributed by atoms with Crippen LogP contribution in [-0.4, -0.2) is 11.1 Å². The molecule has 4 heteroatoms. The molecule has 4 nitrogen and oxygen atoms in total. The molecule has 0 N–H and O–H groups in total. The molecule has 1 aliphatic carbocycles. The maximum atomic E-state index is 12.3. The predicted octanol–water partition coefficient (Wildman–Crippen LogP) is 4.90. The number of ether oxygens (including phenoxy) is 1. The second-order valence-electron chi connectivity index (χ2n) is 6.71. The van der Waals surface area contributed by atoms with Crippen molar-refractivity contribution in [2.75, 3.05) is 0 Å². The van der Waals surface area contributed by atoms with E-state index in [1.807, 2.05) is 30.3 Å². The third-order valence-corrected chi connectivity index (χ3v) is 4.89. The third kappa shape index (κ3) is 3.58. The number of nitrogens with zero attached hydrogens (tertiary/aromatic N) is 1. The first-order valence-corrected chi connectivity index (χ1v) is 8.93. The summed E-state index contributed by atoms with van der Waals surface area (Å²) in [5.41, 5.74) is 2.73. The fourth-order valence-electron chi connectivity index (χ4n) is 3.49. The number of carbonyl (C=O) groups is 1. The van der Waals surface area contributed by atoms with Gasteiger partial charge < -0.3 is 9.26 Å². The maximum absolute atomic E-state index is 12.3. The monoisotopic (exact) mass is 335 g/mol. The second kappa shape index (κ2) is 7.09. The van der Waals surface area contributed by atoms with E-state index in [1.165, 1.54) is 12.0 Å². The number of carbonyl (C=O) groups excluding carboxylic acids is 1. The van der Waals surface area contributed by atoms with Gasteiger partial charge in [-0.3, -0.25) is 4.79 Å². The Kier molecular flexibility index (Phi) is 4.51. The summed E-state index contributed by atoms with van der Waals surface area (Å²) in [5, 5.41) is 5.14. The SMILES string of the molecule is O=C(Oc1ccc2c(Cc3ccccc3)noc2c1)C1CCCCC1. The zero-order chi connectivity index (χ0) is 17.1. The Labute approximate surface area is 146 Å². The highest BCUT2D eigenvalue weighted by Gasteiger charge is 2.23. The number of hydrogen-bond donors (Lipinski definition) is 0. The summed E-state index contributed by atoms with van der Waals surface area (Å²) in [6.07, 6.45) is 6.04. The van der Waals surface area contributed by atoms with Crippen molar-refractivity contribution in [3.05, 3.63) is 59.8 Å². The molecule has 2 aromatic carbocycles. The lowest BCUT2D eigenvalue weighted by molar-refractivity contribution is -0.139. The lowest BCUT2D eigenvalue weighted by atomic mass is 9.89. The Hall–Kier alpha value is -2.62. The van der Waals surface area contributed by atoms with Gasteiger partial charge in [-0.15, -0.1) is 0 Å². The highest BCUT2D eigenvalue weighted by molar-refractivity contribution is 5.82. The molecule has 1 aromatic heterocycles. The first-order chi connectivity index (χ1) is 12.3. The molecule has 0 atom stereocenters. The zero-order valence-electron chi connectivity index (χ0n) is 14.1. The molecule has 0 aliphatic heterocycles. The lowest BCUT2D eigenvalue weighted by Crippen LogP contribution is -2.22. The average molecular weight is 335 g/mol. The number of aromatic nitrogens is 1. The minimum Gasteiger partial charge on any atom is -0.426 e. The van der Waals surface area contributed by atoms with Crippen molar-refractivity contribution < 1.29 is 14.1 Å². The average Bonchev–Trinajstić information content (AvgIpc) is 3.05. The van der Waals surface area contributed by atoms with Crippen LogP contribution in [0, 0.1) is 5.92 Å². The van der Waals surface area contributed by atoms with Gasteiger partial charge in [-0.05, 0) is 30.5 Å². The molecule has 0 radical (unpaired) electrons. The largest absolute Gasteiger partial charge is 0.426 e. The summed E-state index contributed by atoms with van der Waals surface area (Å²) in [7, 11) is 0. The molecule has 1 heterocycles. The van der Waals surface area contributed by atoms with Crippen LogP contribution in [0.2, 0.25) is 0 Å². The molecule has 0 spiro atoms. The van der Waals surface area contributed by atoms with Gasteiger partial charge in [0.2, 0.25) is 0 Å². The van der Waals surface area contributed by atoms with Gasteiger partial charge in [0, 0.05) is 17.9 Å². The summed E-state index contributed by atoms with van der Waals surface area (Å²) in [6, 6.07) is 15.7. The van der Waals surface area contributed by atoms with Crippen LogP contribution >= 0.6 is 0 Å². The van der Waals surface area contributed by atoms with Crippen molar-refractivity contribution in [3.8, 4) is 5.75 Å².